The zero-order valence-electron chi connectivity index (χ0n) is 23.2. The van der Waals surface area contributed by atoms with Crippen molar-refractivity contribution in [1.29, 1.82) is 0 Å². The monoisotopic (exact) mass is 484 g/mol. The van der Waals surface area contributed by atoms with E-state index < -0.39 is 13.3 Å². The van der Waals surface area contributed by atoms with Crippen LogP contribution in [0.1, 0.15) is 149 Å². The molecule has 0 aromatic rings. The van der Waals surface area contributed by atoms with Crippen LogP contribution in [0.4, 0.5) is 0 Å². The van der Waals surface area contributed by atoms with E-state index in [1.807, 2.05) is 21.1 Å². The first-order valence-corrected chi connectivity index (χ1v) is 15.6. The molecule has 0 saturated carbocycles. The van der Waals surface area contributed by atoms with Crippen molar-refractivity contribution in [3.63, 3.8) is 0 Å². The summed E-state index contributed by atoms with van der Waals surface area (Å²) < 4.78 is 12.6. The molecular formula is C29H59NO2P+. The largest absolute Gasteiger partial charge is 0.590 e. The Morgan fingerprint density at radius 2 is 1.00 bits per heavy atom. The normalized spacial score (nSPS) is 14.7. The third-order valence-electron chi connectivity index (χ3n) is 7.33. The van der Waals surface area contributed by atoms with Crippen LogP contribution in [0.3, 0.4) is 0 Å². The molecule has 0 aromatic heterocycles. The van der Waals surface area contributed by atoms with Gasteiger partial charge in [-0.2, -0.15) is 0 Å². The lowest BCUT2D eigenvalue weighted by Gasteiger charge is -2.39. The fourth-order valence-electron chi connectivity index (χ4n) is 4.99. The average molecular weight is 485 g/mol. The van der Waals surface area contributed by atoms with Crippen LogP contribution < -0.4 is 4.89 Å². The predicted molar refractivity (Wildman–Crippen MR) is 146 cm³/mol. The van der Waals surface area contributed by atoms with Crippen LogP contribution in [0.15, 0.2) is 12.2 Å². The second kappa shape index (κ2) is 21.1. The molecule has 0 aliphatic heterocycles. The summed E-state index contributed by atoms with van der Waals surface area (Å²) >= 11 is 0. The van der Waals surface area contributed by atoms with Gasteiger partial charge < -0.3 is 4.89 Å². The van der Waals surface area contributed by atoms with Gasteiger partial charge in [0.15, 0.2) is 0 Å². The van der Waals surface area contributed by atoms with Crippen LogP contribution in [0.25, 0.3) is 0 Å². The molecule has 0 aliphatic carbocycles. The highest BCUT2D eigenvalue weighted by Crippen LogP contribution is 2.45. The number of quaternary nitrogens is 1. The maximum Gasteiger partial charge on any atom is 0.376 e. The Morgan fingerprint density at radius 1 is 0.606 bits per heavy atom. The molecule has 0 radical (unpaired) electrons. The summed E-state index contributed by atoms with van der Waals surface area (Å²) in [5.74, 6) is 0. The molecule has 2 atom stereocenters. The quantitative estimate of drug-likeness (QED) is 0.0592. The number of unbranched alkanes of at least 4 members (excludes halogenated alkanes) is 16. The maximum absolute atomic E-state index is 12.1. The smallest absolute Gasteiger partial charge is 0.376 e. The molecule has 0 aromatic carbocycles. The molecule has 0 fully saturated rings. The molecular weight excluding hydrogens is 425 g/mol. The van der Waals surface area contributed by atoms with E-state index >= 15 is 0 Å². The molecule has 33 heavy (non-hydrogen) atoms. The van der Waals surface area contributed by atoms with Gasteiger partial charge in [0.2, 0.25) is 0 Å². The zero-order chi connectivity index (χ0) is 24.8. The van der Waals surface area contributed by atoms with Crippen molar-refractivity contribution >= 4 is 8.03 Å². The van der Waals surface area contributed by atoms with Gasteiger partial charge in [-0.3, -0.25) is 4.48 Å². The summed E-state index contributed by atoms with van der Waals surface area (Å²) in [6.45, 7) is 4.38. The first-order chi connectivity index (χ1) is 15.8. The van der Waals surface area contributed by atoms with Gasteiger partial charge in [0, 0.05) is 12.8 Å². The SMILES string of the molecule is CCCCCCCCCCCCCC/C=C\CCCCCCC(CCC)([P+](=O)[O-])[N+](C)(C)C. The fourth-order valence-corrected chi connectivity index (χ4v) is 6.22. The lowest BCUT2D eigenvalue weighted by molar-refractivity contribution is -0.910. The predicted octanol–water partition coefficient (Wildman–Crippen LogP) is 9.28. The van der Waals surface area contributed by atoms with Gasteiger partial charge in [-0.25, -0.2) is 0 Å². The van der Waals surface area contributed by atoms with Gasteiger partial charge in [0.25, 0.3) is 5.28 Å². The lowest BCUT2D eigenvalue weighted by atomic mass is 9.99. The minimum Gasteiger partial charge on any atom is -0.590 e. The molecule has 0 heterocycles. The fraction of sp³-hybridized carbons (Fsp3) is 0.931. The Kier molecular flexibility index (Phi) is 20.9. The maximum atomic E-state index is 12.1. The molecule has 0 N–H and O–H groups in total. The molecule has 3 nitrogen and oxygen atoms in total. The van der Waals surface area contributed by atoms with Crippen molar-refractivity contribution in [3.8, 4) is 0 Å². The minimum absolute atomic E-state index is 0.515. The molecule has 0 rings (SSSR count). The van der Waals surface area contributed by atoms with Crippen LogP contribution in [0.2, 0.25) is 0 Å². The van der Waals surface area contributed by atoms with Crippen LogP contribution in [0.5, 0.6) is 0 Å². The second-order valence-corrected chi connectivity index (χ2v) is 12.5. The topological polar surface area (TPSA) is 40.1 Å². The van der Waals surface area contributed by atoms with Gasteiger partial charge in [0.1, 0.15) is 0 Å². The van der Waals surface area contributed by atoms with Gasteiger partial charge in [-0.15, -0.1) is 0 Å². The third kappa shape index (κ3) is 16.1. The van der Waals surface area contributed by atoms with E-state index in [1.165, 1.54) is 103 Å². The zero-order valence-corrected chi connectivity index (χ0v) is 24.1. The molecule has 0 saturated heterocycles. The van der Waals surface area contributed by atoms with E-state index in [9.17, 15) is 9.46 Å². The van der Waals surface area contributed by atoms with Crippen LogP contribution in [-0.2, 0) is 4.57 Å². The molecule has 0 aliphatic rings. The van der Waals surface area contributed by atoms with Crippen molar-refractivity contribution in [2.75, 3.05) is 21.1 Å². The van der Waals surface area contributed by atoms with Gasteiger partial charge in [-0.1, -0.05) is 114 Å². The summed E-state index contributed by atoms with van der Waals surface area (Å²) in [6, 6.07) is 0. The highest BCUT2D eigenvalue weighted by atomic mass is 31.1. The number of allylic oxidation sites excluding steroid dienone is 2. The summed E-state index contributed by atoms with van der Waals surface area (Å²) in [5.41, 5.74) is 0. The Bertz CT molecular complexity index is 487. The van der Waals surface area contributed by atoms with Crippen LogP contribution in [0, 0.1) is 0 Å². The first-order valence-electron chi connectivity index (χ1n) is 14.4. The Balaban J connectivity index is 3.62. The summed E-state index contributed by atoms with van der Waals surface area (Å²) in [5, 5.41) is -0.599. The van der Waals surface area contributed by atoms with Crippen molar-refractivity contribution in [2.24, 2.45) is 0 Å². The average Bonchev–Trinajstić information content (AvgIpc) is 2.76. The van der Waals surface area contributed by atoms with E-state index in [-0.39, 0.29) is 0 Å². The van der Waals surface area contributed by atoms with E-state index in [0.717, 1.165) is 32.1 Å². The van der Waals surface area contributed by atoms with E-state index in [2.05, 4.69) is 26.0 Å². The number of rotatable bonds is 24. The Morgan fingerprint density at radius 3 is 1.36 bits per heavy atom. The molecule has 0 amide bonds. The van der Waals surface area contributed by atoms with Crippen LogP contribution in [-0.4, -0.2) is 30.9 Å². The Hall–Kier alpha value is -0.240. The number of nitrogens with zero attached hydrogens (tertiary/aromatic N) is 1. The summed E-state index contributed by atoms with van der Waals surface area (Å²) in [7, 11) is 3.66. The van der Waals surface area contributed by atoms with Crippen molar-refractivity contribution in [1.82, 2.24) is 0 Å². The van der Waals surface area contributed by atoms with Crippen molar-refractivity contribution in [3.05, 3.63) is 12.2 Å². The van der Waals surface area contributed by atoms with Crippen LogP contribution >= 0.6 is 8.03 Å². The van der Waals surface area contributed by atoms with Gasteiger partial charge in [-0.05, 0) is 38.5 Å². The minimum atomic E-state index is -2.43. The summed E-state index contributed by atoms with van der Waals surface area (Å²) in [4.78, 5) is 12.1. The lowest BCUT2D eigenvalue weighted by Crippen LogP contribution is -2.55. The highest BCUT2D eigenvalue weighted by molar-refractivity contribution is 7.38. The molecule has 196 valence electrons. The first kappa shape index (κ1) is 32.8. The third-order valence-corrected chi connectivity index (χ3v) is 9.05. The summed E-state index contributed by atoms with van der Waals surface area (Å²) in [6.07, 6.45) is 31.2. The molecule has 4 heteroatoms. The molecule has 0 spiro atoms. The van der Waals surface area contributed by atoms with Crippen molar-refractivity contribution in [2.45, 2.75) is 154 Å². The molecule has 2 unspecified atom stereocenters. The molecule has 0 bridgehead atoms. The van der Waals surface area contributed by atoms with Gasteiger partial charge >= 0.3 is 8.03 Å². The highest BCUT2D eigenvalue weighted by Gasteiger charge is 2.53. The van der Waals surface area contributed by atoms with E-state index in [0.29, 0.717) is 4.48 Å². The van der Waals surface area contributed by atoms with Gasteiger partial charge in [0.05, 0.1) is 21.1 Å². The van der Waals surface area contributed by atoms with E-state index in [4.69, 9.17) is 0 Å². The standard InChI is InChI=1S/C29H59NO2P/c1-6-8-9-10-11-12-13-14-15-16-17-18-19-20-21-22-23-24-25-26-28-29(27-7-2,33(31)32)30(3,4)5/h20-21H,6-19,22-28H2,1-5H3/q+1/b21-20-. The van der Waals surface area contributed by atoms with E-state index in [1.54, 1.807) is 0 Å². The number of hydrogen-bond donors (Lipinski definition) is 0. The second-order valence-electron chi connectivity index (χ2n) is 11.1. The number of hydrogen-bond acceptors (Lipinski definition) is 2. The Labute approximate surface area is 209 Å². The van der Waals surface area contributed by atoms with Crippen molar-refractivity contribution < 1.29 is 13.9 Å².